The van der Waals surface area contributed by atoms with Crippen molar-refractivity contribution >= 4 is 10.8 Å². The van der Waals surface area contributed by atoms with Crippen LogP contribution in [0.3, 0.4) is 0 Å². The molecule has 1 aliphatic carbocycles. The van der Waals surface area contributed by atoms with Gasteiger partial charge in [0.2, 0.25) is 5.69 Å². The molecule has 168 valence electrons. The summed E-state index contributed by atoms with van der Waals surface area (Å²) >= 11 is 0. The van der Waals surface area contributed by atoms with E-state index in [2.05, 4.69) is 100 Å². The van der Waals surface area contributed by atoms with Crippen molar-refractivity contribution in [2.24, 2.45) is 13.0 Å². The summed E-state index contributed by atoms with van der Waals surface area (Å²) in [6.07, 6.45) is 3.28. The highest BCUT2D eigenvalue weighted by Gasteiger charge is 2.30. The highest BCUT2D eigenvalue weighted by molar-refractivity contribution is 6.11. The van der Waals surface area contributed by atoms with E-state index in [-0.39, 0.29) is 0 Å². The lowest BCUT2D eigenvalue weighted by molar-refractivity contribution is -0.659. The van der Waals surface area contributed by atoms with Crippen molar-refractivity contribution in [3.63, 3.8) is 0 Å². The van der Waals surface area contributed by atoms with Gasteiger partial charge in [0.05, 0.1) is 17.6 Å². The van der Waals surface area contributed by atoms with Crippen molar-refractivity contribution in [2.45, 2.75) is 46.6 Å². The lowest BCUT2D eigenvalue weighted by Crippen LogP contribution is -2.31. The molecular formula is C31H34NO+. The van der Waals surface area contributed by atoms with E-state index in [1.165, 1.54) is 61.0 Å². The Labute approximate surface area is 197 Å². The topological polar surface area (TPSA) is 13.1 Å². The minimum atomic E-state index is 0.448. The van der Waals surface area contributed by atoms with Gasteiger partial charge in [-0.2, -0.15) is 0 Å². The van der Waals surface area contributed by atoms with E-state index < -0.39 is 0 Å². The van der Waals surface area contributed by atoms with Crippen molar-refractivity contribution in [1.29, 1.82) is 0 Å². The van der Waals surface area contributed by atoms with Crippen LogP contribution in [0.15, 0.2) is 60.8 Å². The number of aromatic nitrogens is 1. The van der Waals surface area contributed by atoms with E-state index in [9.17, 15) is 0 Å². The summed E-state index contributed by atoms with van der Waals surface area (Å²) in [5.41, 5.74) is 11.9. The van der Waals surface area contributed by atoms with Gasteiger partial charge in [-0.05, 0) is 68.7 Å². The van der Waals surface area contributed by atoms with Gasteiger partial charge in [0.25, 0.3) is 0 Å². The summed E-state index contributed by atoms with van der Waals surface area (Å²) in [6, 6.07) is 20.9. The standard InChI is InChI=1S/C31H34NO/c1-19(2)14-21-10-11-25-26-9-7-8-22-12-13-32(5)31(29(22)26)30-24(18-33-6)16-23(20(3)4)17-28(30)27(25)15-21/h7-13,15-17,19-20H,14,18H2,1-6H3/q+1. The molecule has 0 spiro atoms. The first-order valence-electron chi connectivity index (χ1n) is 12.1. The minimum absolute atomic E-state index is 0.448. The van der Waals surface area contributed by atoms with Gasteiger partial charge in [-0.1, -0.05) is 70.2 Å². The van der Waals surface area contributed by atoms with Crippen LogP contribution in [-0.2, 0) is 24.8 Å². The molecule has 1 aromatic heterocycles. The number of hydrogen-bond acceptors (Lipinski definition) is 1. The highest BCUT2D eigenvalue weighted by Crippen LogP contribution is 2.48. The minimum Gasteiger partial charge on any atom is -0.380 e. The van der Waals surface area contributed by atoms with Crippen LogP contribution in [0.4, 0.5) is 0 Å². The molecule has 5 rings (SSSR count). The number of ether oxygens (including phenoxy) is 1. The van der Waals surface area contributed by atoms with E-state index in [0.29, 0.717) is 18.4 Å². The molecule has 0 N–H and O–H groups in total. The Kier molecular flexibility index (Phi) is 5.58. The molecular weight excluding hydrogens is 402 g/mol. The number of pyridine rings is 1. The normalized spacial score (nSPS) is 12.2. The van der Waals surface area contributed by atoms with E-state index in [4.69, 9.17) is 4.74 Å². The van der Waals surface area contributed by atoms with Crippen molar-refractivity contribution in [2.75, 3.05) is 7.11 Å². The second-order valence-electron chi connectivity index (χ2n) is 10.2. The van der Waals surface area contributed by atoms with E-state index in [1.807, 2.05) is 0 Å². The molecule has 0 radical (unpaired) electrons. The fourth-order valence-electron chi connectivity index (χ4n) is 5.41. The fraction of sp³-hybridized carbons (Fsp3) is 0.323. The van der Waals surface area contributed by atoms with E-state index in [0.717, 1.165) is 6.42 Å². The van der Waals surface area contributed by atoms with Crippen LogP contribution in [0.1, 0.15) is 50.3 Å². The van der Waals surface area contributed by atoms with Crippen LogP contribution in [-0.4, -0.2) is 7.11 Å². The quantitative estimate of drug-likeness (QED) is 0.261. The van der Waals surface area contributed by atoms with Crippen molar-refractivity contribution in [1.82, 2.24) is 0 Å². The molecule has 1 aliphatic rings. The molecule has 0 atom stereocenters. The maximum Gasteiger partial charge on any atom is 0.221 e. The third-order valence-corrected chi connectivity index (χ3v) is 6.92. The Hall–Kier alpha value is -2.97. The molecule has 4 aromatic rings. The van der Waals surface area contributed by atoms with Gasteiger partial charge in [0.15, 0.2) is 6.20 Å². The number of rotatable bonds is 5. The van der Waals surface area contributed by atoms with Crippen LogP contribution < -0.4 is 4.57 Å². The number of methoxy groups -OCH3 is 1. The lowest BCUT2D eigenvalue weighted by Gasteiger charge is -2.18. The predicted octanol–water partition coefficient (Wildman–Crippen LogP) is 7.45. The number of fused-ring (bicyclic) bond motifs is 5. The largest absolute Gasteiger partial charge is 0.380 e. The van der Waals surface area contributed by atoms with E-state index >= 15 is 0 Å². The van der Waals surface area contributed by atoms with Crippen LogP contribution >= 0.6 is 0 Å². The predicted molar refractivity (Wildman–Crippen MR) is 138 cm³/mol. The van der Waals surface area contributed by atoms with Crippen LogP contribution in [0.5, 0.6) is 0 Å². The van der Waals surface area contributed by atoms with Gasteiger partial charge in [-0.15, -0.1) is 0 Å². The molecule has 0 saturated carbocycles. The molecule has 2 nitrogen and oxygen atoms in total. The summed E-state index contributed by atoms with van der Waals surface area (Å²) in [5, 5.41) is 2.61. The van der Waals surface area contributed by atoms with Gasteiger partial charge < -0.3 is 4.74 Å². The van der Waals surface area contributed by atoms with Crippen molar-refractivity contribution in [3.8, 4) is 33.5 Å². The van der Waals surface area contributed by atoms with Gasteiger partial charge >= 0.3 is 0 Å². The highest BCUT2D eigenvalue weighted by atomic mass is 16.5. The van der Waals surface area contributed by atoms with Gasteiger partial charge in [-0.3, -0.25) is 0 Å². The van der Waals surface area contributed by atoms with E-state index in [1.54, 1.807) is 7.11 Å². The zero-order valence-electron chi connectivity index (χ0n) is 20.7. The van der Waals surface area contributed by atoms with Crippen molar-refractivity contribution in [3.05, 3.63) is 77.5 Å². The molecule has 0 amide bonds. The number of benzene rings is 3. The van der Waals surface area contributed by atoms with Crippen LogP contribution in [0, 0.1) is 5.92 Å². The Morgan fingerprint density at radius 3 is 2.39 bits per heavy atom. The summed E-state index contributed by atoms with van der Waals surface area (Å²) in [7, 11) is 3.97. The second-order valence-corrected chi connectivity index (χ2v) is 10.2. The molecule has 0 unspecified atom stereocenters. The SMILES string of the molecule is COCc1cc(C(C)C)cc2c1-c1c3c(cccc3cc[n+]1C)-c1ccc(CC(C)C)cc1-2. The molecule has 0 bridgehead atoms. The zero-order chi connectivity index (χ0) is 23.3. The molecule has 2 heteroatoms. The number of aryl methyl sites for hydroxylation is 1. The molecule has 0 saturated heterocycles. The van der Waals surface area contributed by atoms with Crippen LogP contribution in [0.25, 0.3) is 44.3 Å². The Balaban J connectivity index is 1.98. The summed E-state index contributed by atoms with van der Waals surface area (Å²) in [4.78, 5) is 0. The summed E-state index contributed by atoms with van der Waals surface area (Å²) < 4.78 is 8.04. The molecule has 33 heavy (non-hydrogen) atoms. The molecule has 0 fully saturated rings. The number of nitrogens with zero attached hydrogens (tertiary/aromatic N) is 1. The van der Waals surface area contributed by atoms with Gasteiger partial charge in [0.1, 0.15) is 7.05 Å². The molecule has 0 aliphatic heterocycles. The summed E-state index contributed by atoms with van der Waals surface area (Å²) in [6.45, 7) is 9.75. The zero-order valence-corrected chi connectivity index (χ0v) is 20.7. The first kappa shape index (κ1) is 21.9. The van der Waals surface area contributed by atoms with Crippen LogP contribution in [0.2, 0.25) is 0 Å². The fourth-order valence-corrected chi connectivity index (χ4v) is 5.41. The Morgan fingerprint density at radius 2 is 1.67 bits per heavy atom. The van der Waals surface area contributed by atoms with Crippen molar-refractivity contribution < 1.29 is 9.30 Å². The lowest BCUT2D eigenvalue weighted by atomic mass is 9.86. The first-order valence-corrected chi connectivity index (χ1v) is 12.1. The monoisotopic (exact) mass is 436 g/mol. The first-order chi connectivity index (χ1) is 15.9. The Bertz CT molecular complexity index is 1360. The Morgan fingerprint density at radius 1 is 0.848 bits per heavy atom. The van der Waals surface area contributed by atoms with Gasteiger partial charge in [-0.25, -0.2) is 4.57 Å². The average Bonchev–Trinajstić information content (AvgIpc) is 2.90. The third-order valence-electron chi connectivity index (χ3n) is 6.92. The van der Waals surface area contributed by atoms with Gasteiger partial charge in [0, 0.05) is 13.2 Å². The third kappa shape index (κ3) is 3.67. The maximum absolute atomic E-state index is 5.75. The smallest absolute Gasteiger partial charge is 0.221 e. The second kappa shape index (κ2) is 8.43. The molecule has 1 heterocycles. The number of hydrogen-bond donors (Lipinski definition) is 0. The maximum atomic E-state index is 5.75. The summed E-state index contributed by atoms with van der Waals surface area (Å²) in [5.74, 6) is 1.07. The average molecular weight is 437 g/mol. The molecule has 3 aromatic carbocycles.